The van der Waals surface area contributed by atoms with Gasteiger partial charge in [-0.2, -0.15) is 13.2 Å². The summed E-state index contributed by atoms with van der Waals surface area (Å²) in [5.74, 6) is -0.125. The third-order valence-electron chi connectivity index (χ3n) is 5.18. The Bertz CT molecular complexity index is 1560. The van der Waals surface area contributed by atoms with Gasteiger partial charge in [0.15, 0.2) is 5.16 Å². The Kier molecular flexibility index (Phi) is 5.20. The van der Waals surface area contributed by atoms with Crippen LogP contribution in [0.3, 0.4) is 0 Å². The van der Waals surface area contributed by atoms with Crippen molar-refractivity contribution < 1.29 is 17.6 Å². The van der Waals surface area contributed by atoms with E-state index >= 15 is 0 Å². The number of rotatable bonds is 4. The first-order valence-corrected chi connectivity index (χ1v) is 10.9. The fourth-order valence-electron chi connectivity index (χ4n) is 3.66. The summed E-state index contributed by atoms with van der Waals surface area (Å²) >= 11 is 1.15. The first-order valence-electron chi connectivity index (χ1n) is 9.89. The lowest BCUT2D eigenvalue weighted by molar-refractivity contribution is -0.137. The minimum absolute atomic E-state index is 0.0459. The smallest absolute Gasteiger partial charge is 0.349 e. The maximum Gasteiger partial charge on any atom is 0.416 e. The molecule has 0 aliphatic carbocycles. The van der Waals surface area contributed by atoms with E-state index in [1.54, 1.807) is 18.2 Å². The largest absolute Gasteiger partial charge is 0.416 e. The Morgan fingerprint density at radius 3 is 2.55 bits per heavy atom. The molecule has 0 amide bonds. The van der Waals surface area contributed by atoms with Gasteiger partial charge in [-0.1, -0.05) is 48.2 Å². The van der Waals surface area contributed by atoms with Gasteiger partial charge in [-0.05, 0) is 42.0 Å². The number of thioether (sulfide) groups is 1. The van der Waals surface area contributed by atoms with Crippen molar-refractivity contribution in [3.63, 3.8) is 0 Å². The lowest BCUT2D eigenvalue weighted by Gasteiger charge is -2.14. The second-order valence-corrected chi connectivity index (χ2v) is 8.34. The molecule has 0 saturated heterocycles. The van der Waals surface area contributed by atoms with Crippen LogP contribution < -0.4 is 5.56 Å². The Morgan fingerprint density at radius 2 is 1.76 bits per heavy atom. The zero-order chi connectivity index (χ0) is 23.2. The number of hydrogen-bond donors (Lipinski definition) is 1. The summed E-state index contributed by atoms with van der Waals surface area (Å²) in [7, 11) is 0. The molecule has 0 aliphatic heterocycles. The topological polar surface area (TPSA) is 50.7 Å². The van der Waals surface area contributed by atoms with E-state index in [2.05, 4.69) is 9.97 Å². The lowest BCUT2D eigenvalue weighted by Crippen LogP contribution is -2.22. The molecular formula is C24H15F4N3OS. The molecule has 0 atom stereocenters. The summed E-state index contributed by atoms with van der Waals surface area (Å²) in [5, 5.41) is 0.939. The molecule has 1 N–H and O–H groups in total. The molecule has 4 nitrogen and oxygen atoms in total. The van der Waals surface area contributed by atoms with Gasteiger partial charge in [0, 0.05) is 16.7 Å². The van der Waals surface area contributed by atoms with E-state index in [4.69, 9.17) is 0 Å². The van der Waals surface area contributed by atoms with Crippen molar-refractivity contribution >= 4 is 33.7 Å². The molecule has 0 unspecified atom stereocenters. The summed E-state index contributed by atoms with van der Waals surface area (Å²) < 4.78 is 54.8. The number of aromatic nitrogens is 3. The van der Waals surface area contributed by atoms with Crippen LogP contribution in [-0.2, 0) is 11.9 Å². The minimum atomic E-state index is -4.56. The Morgan fingerprint density at radius 1 is 0.970 bits per heavy atom. The quantitative estimate of drug-likeness (QED) is 0.190. The molecule has 0 bridgehead atoms. The predicted molar refractivity (Wildman–Crippen MR) is 120 cm³/mol. The van der Waals surface area contributed by atoms with Crippen molar-refractivity contribution in [1.82, 2.24) is 14.5 Å². The molecule has 2 aromatic heterocycles. The average Bonchev–Trinajstić information content (AvgIpc) is 3.16. The van der Waals surface area contributed by atoms with Crippen LogP contribution in [0.15, 0.2) is 82.7 Å². The Labute approximate surface area is 188 Å². The monoisotopic (exact) mass is 469 g/mol. The van der Waals surface area contributed by atoms with Crippen molar-refractivity contribution in [2.24, 2.45) is 0 Å². The summed E-state index contributed by atoms with van der Waals surface area (Å²) in [4.78, 5) is 21.2. The van der Waals surface area contributed by atoms with E-state index in [1.807, 2.05) is 18.2 Å². The number of fused-ring (bicyclic) bond motifs is 3. The SMILES string of the molecule is O=c1c2[nH]c3ccccc3c2nc(SCc2cccc(F)c2)n1-c1cccc(C(F)(F)F)c1. The molecule has 166 valence electrons. The molecule has 0 saturated carbocycles. The van der Waals surface area contributed by atoms with Crippen LogP contribution in [0.25, 0.3) is 27.6 Å². The Hall–Kier alpha value is -3.59. The van der Waals surface area contributed by atoms with Crippen molar-refractivity contribution in [2.75, 3.05) is 0 Å². The van der Waals surface area contributed by atoms with E-state index in [0.717, 1.165) is 33.8 Å². The van der Waals surface area contributed by atoms with Crippen LogP contribution in [0.2, 0.25) is 0 Å². The predicted octanol–water partition coefficient (Wildman–Crippen LogP) is 6.32. The highest BCUT2D eigenvalue weighted by Gasteiger charge is 2.31. The standard InChI is InChI=1S/C24H15F4N3OS/c25-16-7-3-5-14(11-16)13-33-23-30-20-18-9-1-2-10-19(18)29-21(20)22(32)31(23)17-8-4-6-15(12-17)24(26,27)28/h1-12,29H,13H2. The highest BCUT2D eigenvalue weighted by Crippen LogP contribution is 2.32. The molecule has 2 heterocycles. The van der Waals surface area contributed by atoms with Gasteiger partial charge in [-0.3, -0.25) is 9.36 Å². The normalized spacial score (nSPS) is 12.0. The van der Waals surface area contributed by atoms with Crippen LogP contribution in [0.1, 0.15) is 11.1 Å². The summed E-state index contributed by atoms with van der Waals surface area (Å²) in [6, 6.07) is 17.8. The number of benzene rings is 3. The minimum Gasteiger partial charge on any atom is -0.349 e. The molecule has 0 radical (unpaired) electrons. The lowest BCUT2D eigenvalue weighted by atomic mass is 10.2. The number of nitrogens with zero attached hydrogens (tertiary/aromatic N) is 2. The van der Waals surface area contributed by atoms with Gasteiger partial charge >= 0.3 is 6.18 Å². The zero-order valence-electron chi connectivity index (χ0n) is 16.9. The molecule has 0 spiro atoms. The molecule has 9 heteroatoms. The second-order valence-electron chi connectivity index (χ2n) is 7.40. The fraction of sp³-hybridized carbons (Fsp3) is 0.0833. The van der Waals surface area contributed by atoms with E-state index in [1.165, 1.54) is 24.3 Å². The van der Waals surface area contributed by atoms with Gasteiger partial charge in [0.1, 0.15) is 16.9 Å². The van der Waals surface area contributed by atoms with Gasteiger partial charge < -0.3 is 4.98 Å². The van der Waals surface area contributed by atoms with Crippen molar-refractivity contribution in [1.29, 1.82) is 0 Å². The van der Waals surface area contributed by atoms with Crippen LogP contribution in [-0.4, -0.2) is 14.5 Å². The van der Waals surface area contributed by atoms with E-state index < -0.39 is 23.1 Å². The average molecular weight is 469 g/mol. The third kappa shape index (κ3) is 4.00. The van der Waals surface area contributed by atoms with Crippen molar-refractivity contribution in [3.8, 4) is 5.69 Å². The number of H-pyrrole nitrogens is 1. The first kappa shape index (κ1) is 21.3. The highest BCUT2D eigenvalue weighted by molar-refractivity contribution is 7.98. The van der Waals surface area contributed by atoms with E-state index in [9.17, 15) is 22.4 Å². The number of para-hydroxylation sites is 1. The molecule has 3 aromatic carbocycles. The molecule has 5 rings (SSSR count). The van der Waals surface area contributed by atoms with Crippen LogP contribution >= 0.6 is 11.8 Å². The first-order chi connectivity index (χ1) is 15.8. The third-order valence-corrected chi connectivity index (χ3v) is 6.19. The number of alkyl halides is 3. The van der Waals surface area contributed by atoms with Crippen LogP contribution in [0.5, 0.6) is 0 Å². The maximum absolute atomic E-state index is 13.6. The zero-order valence-corrected chi connectivity index (χ0v) is 17.7. The van der Waals surface area contributed by atoms with E-state index in [0.29, 0.717) is 16.6 Å². The van der Waals surface area contributed by atoms with E-state index in [-0.39, 0.29) is 22.1 Å². The van der Waals surface area contributed by atoms with Crippen LogP contribution in [0, 0.1) is 5.82 Å². The van der Waals surface area contributed by atoms with Gasteiger partial charge in [0.05, 0.1) is 11.3 Å². The highest BCUT2D eigenvalue weighted by atomic mass is 32.2. The number of hydrogen-bond acceptors (Lipinski definition) is 3. The van der Waals surface area contributed by atoms with Crippen molar-refractivity contribution in [2.45, 2.75) is 17.1 Å². The molecule has 0 aliphatic rings. The summed E-state index contributed by atoms with van der Waals surface area (Å²) in [5.41, 5.74) is 0.639. The van der Waals surface area contributed by atoms with Gasteiger partial charge in [-0.15, -0.1) is 0 Å². The molecule has 0 fully saturated rings. The van der Waals surface area contributed by atoms with Gasteiger partial charge in [-0.25, -0.2) is 9.37 Å². The summed E-state index contributed by atoms with van der Waals surface area (Å²) in [6.07, 6.45) is -4.56. The molecule has 5 aromatic rings. The molecular weight excluding hydrogens is 454 g/mol. The van der Waals surface area contributed by atoms with Gasteiger partial charge in [0.2, 0.25) is 0 Å². The second kappa shape index (κ2) is 8.08. The fourth-order valence-corrected chi connectivity index (χ4v) is 4.61. The maximum atomic E-state index is 13.6. The van der Waals surface area contributed by atoms with Gasteiger partial charge in [0.25, 0.3) is 5.56 Å². The number of aromatic amines is 1. The summed E-state index contributed by atoms with van der Waals surface area (Å²) in [6.45, 7) is 0. The molecule has 33 heavy (non-hydrogen) atoms. The number of nitrogens with one attached hydrogen (secondary N) is 1. The Balaban J connectivity index is 1.72. The number of halogens is 4. The van der Waals surface area contributed by atoms with Crippen molar-refractivity contribution in [3.05, 3.63) is 100 Å². The van der Waals surface area contributed by atoms with Crippen LogP contribution in [0.4, 0.5) is 17.6 Å².